The van der Waals surface area contributed by atoms with E-state index in [0.29, 0.717) is 39.8 Å². The fourth-order valence-corrected chi connectivity index (χ4v) is 9.68. The molecule has 2 aromatic carbocycles. The number of nitrogen functional groups attached to an aromatic ring is 3. The number of nitrogens with zero attached hydrogens (tertiary/aromatic N) is 5. The van der Waals surface area contributed by atoms with E-state index in [0.717, 1.165) is 0 Å². The molecular weight excluding hydrogens is 1220 g/mol. The normalized spacial score (nSPS) is 11.7. The number of aromatic amines is 1. The van der Waals surface area contributed by atoms with Gasteiger partial charge in [0.15, 0.2) is 17.0 Å². The molecule has 0 bridgehead atoms. The van der Waals surface area contributed by atoms with E-state index in [4.69, 9.17) is 22.6 Å². The van der Waals surface area contributed by atoms with Gasteiger partial charge in [-0.15, -0.1) is 0 Å². The average molecular weight is 1290 g/mol. The summed E-state index contributed by atoms with van der Waals surface area (Å²) >= 11 is 0. The number of aromatic nitrogens is 6. The maximum atomic E-state index is 13.1. The third-order valence-electron chi connectivity index (χ3n) is 12.3. The predicted molar refractivity (Wildman–Crippen MR) is 327 cm³/mol. The summed E-state index contributed by atoms with van der Waals surface area (Å²) in [6, 6.07) is 8.43. The number of hydrogen-bond acceptors (Lipinski definition) is 24. The van der Waals surface area contributed by atoms with Crippen molar-refractivity contribution in [3.63, 3.8) is 0 Å². The van der Waals surface area contributed by atoms with Crippen molar-refractivity contribution in [3.8, 4) is 0 Å². The Labute approximate surface area is 518 Å². The van der Waals surface area contributed by atoms with Crippen LogP contribution in [0, 0.1) is 5.41 Å². The molecule has 0 aliphatic heterocycles. The minimum Gasteiger partial charge on any atom is -0.481 e. The summed E-state index contributed by atoms with van der Waals surface area (Å²) in [5, 5.41) is 61.2. The number of nitrogens with one attached hydrogen (secondary N) is 12. The maximum absolute atomic E-state index is 13.1. The van der Waals surface area contributed by atoms with Crippen LogP contribution < -0.4 is 75.9 Å². The van der Waals surface area contributed by atoms with Crippen LogP contribution in [0.5, 0.6) is 0 Å². The maximum Gasteiger partial charge on any atom is 0.326 e. The van der Waals surface area contributed by atoms with Gasteiger partial charge in [-0.25, -0.2) is 24.7 Å². The average Bonchev–Trinajstić information content (AvgIpc) is 1.80. The van der Waals surface area contributed by atoms with Gasteiger partial charge in [0.05, 0.1) is 56.5 Å². The molecule has 0 radical (unpaired) electrons. The van der Waals surface area contributed by atoms with Crippen molar-refractivity contribution in [2.24, 2.45) is 5.73 Å². The molecular formula is C53H66N20O15S2. The summed E-state index contributed by atoms with van der Waals surface area (Å²) < 4.78 is 0. The number of nitrogens with two attached hydrogens (primary N) is 3. The molecule has 90 heavy (non-hydrogen) atoms. The third-order valence-corrected chi connectivity index (χ3v) is 14.7. The highest BCUT2D eigenvalue weighted by atomic mass is 33.1. The fraction of sp³-hybridized carbons (Fsp3) is 0.358. The molecule has 0 saturated heterocycles. The molecule has 3 unspecified atom stereocenters. The number of carbonyl (C=O) groups is 11. The summed E-state index contributed by atoms with van der Waals surface area (Å²) in [6.07, 6.45) is 0.929. The lowest BCUT2D eigenvalue weighted by Crippen LogP contribution is -2.53. The number of hydrogen-bond donors (Lipinski definition) is 18. The van der Waals surface area contributed by atoms with Crippen LogP contribution >= 0.6 is 21.6 Å². The Kier molecular flexibility index (Phi) is 27.9. The molecule has 0 fully saturated rings. The molecule has 8 amide bonds. The van der Waals surface area contributed by atoms with Gasteiger partial charge >= 0.3 is 17.9 Å². The van der Waals surface area contributed by atoms with Gasteiger partial charge < -0.3 is 85.7 Å². The van der Waals surface area contributed by atoms with E-state index in [9.17, 15) is 72.9 Å². The molecule has 0 aliphatic carbocycles. The summed E-state index contributed by atoms with van der Waals surface area (Å²) in [7, 11) is 2.58. The fourth-order valence-electron chi connectivity index (χ4n) is 7.68. The summed E-state index contributed by atoms with van der Waals surface area (Å²) in [5.41, 5.74) is 19.0. The lowest BCUT2D eigenvalue weighted by molar-refractivity contribution is -0.140. The SMILES string of the molecule is N=C(N)c1nc(CNc2ccc(C(=O)NC(CCSSCCNC(=O)CNC(=O)C(CCC(=O)O)NC(=O)CNC(=O)C(CCC(=O)O)NC(=O)CNC(=O)CCCNC(=O)c3ccc(NCc4cnc5nc(N)[nH]c(=O)c5n4)cc3)C(=O)O)cc2)cnc1N. The number of carboxylic acid groups (broad SMARTS) is 3. The van der Waals surface area contributed by atoms with E-state index in [1.807, 2.05) is 0 Å². The van der Waals surface area contributed by atoms with Crippen molar-refractivity contribution < 1.29 is 68.1 Å². The summed E-state index contributed by atoms with van der Waals surface area (Å²) in [4.78, 5) is 172. The highest BCUT2D eigenvalue weighted by Gasteiger charge is 2.26. The number of amidine groups is 1. The quantitative estimate of drug-likeness (QED) is 0.00841. The summed E-state index contributed by atoms with van der Waals surface area (Å²) in [6.45, 7) is -1.43. The van der Waals surface area contributed by atoms with Crippen LogP contribution in [0.1, 0.15) is 82.7 Å². The smallest absolute Gasteiger partial charge is 0.326 e. The topological polar surface area (TPSA) is 568 Å². The first-order chi connectivity index (χ1) is 42.9. The highest BCUT2D eigenvalue weighted by molar-refractivity contribution is 8.76. The van der Waals surface area contributed by atoms with E-state index in [-0.39, 0.29) is 85.5 Å². The van der Waals surface area contributed by atoms with E-state index in [1.54, 1.807) is 36.4 Å². The van der Waals surface area contributed by atoms with Gasteiger partial charge in [-0.3, -0.25) is 63.1 Å². The molecule has 0 aliphatic rings. The number of rotatable bonds is 38. The van der Waals surface area contributed by atoms with Crippen LogP contribution in [0.3, 0.4) is 0 Å². The zero-order valence-electron chi connectivity index (χ0n) is 47.8. The molecule has 35 nitrogen and oxygen atoms in total. The lowest BCUT2D eigenvalue weighted by Gasteiger charge is -2.20. The van der Waals surface area contributed by atoms with Gasteiger partial charge in [0.2, 0.25) is 41.4 Å². The van der Waals surface area contributed by atoms with Gasteiger partial charge in [-0.1, -0.05) is 21.6 Å². The monoisotopic (exact) mass is 1290 g/mol. The minimum absolute atomic E-state index is 0.0192. The third kappa shape index (κ3) is 24.6. The molecule has 0 saturated carbocycles. The second-order valence-electron chi connectivity index (χ2n) is 19.2. The zero-order chi connectivity index (χ0) is 65.7. The first kappa shape index (κ1) is 70.0. The Balaban J connectivity index is 0.943. The number of anilines is 4. The molecule has 480 valence electrons. The van der Waals surface area contributed by atoms with Crippen molar-refractivity contribution in [3.05, 3.63) is 99.5 Å². The molecule has 3 atom stereocenters. The second-order valence-corrected chi connectivity index (χ2v) is 21.9. The van der Waals surface area contributed by atoms with Crippen molar-refractivity contribution in [1.29, 1.82) is 5.41 Å². The first-order valence-corrected chi connectivity index (χ1v) is 29.8. The van der Waals surface area contributed by atoms with Crippen molar-refractivity contribution in [2.75, 3.05) is 66.3 Å². The van der Waals surface area contributed by atoms with E-state index in [1.165, 1.54) is 46.1 Å². The van der Waals surface area contributed by atoms with Crippen molar-refractivity contribution in [2.45, 2.75) is 76.2 Å². The number of carboxylic acids is 3. The number of carbonyl (C=O) groups excluding carboxylic acids is 8. The van der Waals surface area contributed by atoms with Crippen LogP contribution in [0.2, 0.25) is 0 Å². The van der Waals surface area contributed by atoms with Gasteiger partial charge in [-0.05, 0) is 74.2 Å². The molecule has 37 heteroatoms. The highest BCUT2D eigenvalue weighted by Crippen LogP contribution is 2.22. The number of amides is 8. The molecule has 3 aromatic heterocycles. The summed E-state index contributed by atoms with van der Waals surface area (Å²) in [5.74, 6) is -9.75. The first-order valence-electron chi connectivity index (χ1n) is 27.3. The van der Waals surface area contributed by atoms with Gasteiger partial charge in [0, 0.05) is 66.4 Å². The number of fused-ring (bicyclic) bond motifs is 1. The Hall–Kier alpha value is -10.7. The van der Waals surface area contributed by atoms with Crippen LogP contribution in [0.15, 0.2) is 65.7 Å². The molecule has 3 heterocycles. The van der Waals surface area contributed by atoms with E-state index < -0.39 is 134 Å². The molecule has 21 N–H and O–H groups in total. The second kappa shape index (κ2) is 35.8. The van der Waals surface area contributed by atoms with Crippen molar-refractivity contribution >= 4 is 127 Å². The minimum atomic E-state index is -1.51. The van der Waals surface area contributed by atoms with E-state index >= 15 is 0 Å². The van der Waals surface area contributed by atoms with Crippen LogP contribution in [0.25, 0.3) is 11.2 Å². The largest absolute Gasteiger partial charge is 0.481 e. The Morgan fingerprint density at radius 2 is 1.10 bits per heavy atom. The van der Waals surface area contributed by atoms with Crippen LogP contribution in [0.4, 0.5) is 23.1 Å². The van der Waals surface area contributed by atoms with Gasteiger partial charge in [0.25, 0.3) is 17.4 Å². The predicted octanol–water partition coefficient (Wildman–Crippen LogP) is -2.50. The number of benzene rings is 2. The Bertz CT molecular complexity index is 3490. The molecule has 5 rings (SSSR count). The van der Waals surface area contributed by atoms with Gasteiger partial charge in [-0.2, -0.15) is 4.98 Å². The van der Waals surface area contributed by atoms with E-state index in [2.05, 4.69) is 83.1 Å². The van der Waals surface area contributed by atoms with Crippen LogP contribution in [-0.4, -0.2) is 179 Å². The standard InChI is InChI=1S/C53H66N20O15S2/c54-44(55)42-45(56)63-22-31(67-42)20-60-30-9-5-28(6-10-30)48(83)71-35(52(87)88)15-18-89-90-19-17-58-37(75)24-65-49(84)33(11-13-40(78)79)70-39(77)26-66-50(85)34(12-14-41(80)81)69-38(76)25-62-36(74)2-1-16-59-47(82)27-3-7-29(8-4-27)61-21-32-23-64-46-43(68-32)51(86)73-53(57)72-46/h3-10,22-23,33-35,60-61H,1-2,11-21,24-26H2,(H3,54,55)(H2,56,63)(H,58,75)(H,59,82)(H,62,74)(H,65,84)(H,66,85)(H,69,76)(H,70,77)(H,71,83)(H,78,79)(H,80,81)(H,87,88)(H3,57,64,72,73,86). The number of aliphatic carboxylic acids is 3. The Morgan fingerprint density at radius 1 is 0.567 bits per heavy atom. The van der Waals surface area contributed by atoms with Gasteiger partial charge in [0.1, 0.15) is 29.7 Å². The number of H-pyrrole nitrogens is 1. The van der Waals surface area contributed by atoms with Crippen molar-refractivity contribution in [1.82, 2.24) is 72.4 Å². The zero-order valence-corrected chi connectivity index (χ0v) is 49.5. The lowest BCUT2D eigenvalue weighted by atomic mass is 10.1. The molecule has 0 spiro atoms. The molecule has 5 aromatic rings. The van der Waals surface area contributed by atoms with Crippen LogP contribution in [-0.2, 0) is 56.2 Å². The Morgan fingerprint density at radius 3 is 1.67 bits per heavy atom.